The average Bonchev–Trinajstić information content (AvgIpc) is 3.27. The third-order valence-electron chi connectivity index (χ3n) is 5.04. The molecule has 2 aromatic heterocycles. The smallest absolute Gasteiger partial charge is 0.230 e. The fraction of sp³-hybridized carbons (Fsp3) is 0.200. The first-order valence-corrected chi connectivity index (χ1v) is 10.7. The molecule has 180 valence electrons. The second-order valence-corrected chi connectivity index (χ2v) is 7.54. The molecule has 0 saturated heterocycles. The zero-order chi connectivity index (χ0) is 24.8. The van der Waals surface area contributed by atoms with Gasteiger partial charge in [0.15, 0.2) is 11.5 Å². The number of hydrogen-bond acceptors (Lipinski definition) is 9. The molecular formula is C25H25N5O5. The average molecular weight is 476 g/mol. The van der Waals surface area contributed by atoms with Crippen LogP contribution in [0.4, 0.5) is 17.3 Å². The Balaban J connectivity index is 1.52. The summed E-state index contributed by atoms with van der Waals surface area (Å²) < 4.78 is 21.2. The van der Waals surface area contributed by atoms with Gasteiger partial charge in [0.2, 0.25) is 17.6 Å². The van der Waals surface area contributed by atoms with E-state index in [0.29, 0.717) is 51.7 Å². The summed E-state index contributed by atoms with van der Waals surface area (Å²) in [4.78, 5) is 21.3. The Morgan fingerprint density at radius 1 is 0.971 bits per heavy atom. The summed E-state index contributed by atoms with van der Waals surface area (Å²) >= 11 is 0. The second kappa shape index (κ2) is 10.6. The zero-order valence-electron chi connectivity index (χ0n) is 19.8. The maximum atomic E-state index is 12.4. The van der Waals surface area contributed by atoms with Crippen LogP contribution in [0.2, 0.25) is 0 Å². The van der Waals surface area contributed by atoms with E-state index in [-0.39, 0.29) is 12.3 Å². The van der Waals surface area contributed by atoms with Crippen molar-refractivity contribution >= 4 is 23.2 Å². The van der Waals surface area contributed by atoms with Gasteiger partial charge in [-0.15, -0.1) is 0 Å². The fourth-order valence-electron chi connectivity index (χ4n) is 3.49. The fourth-order valence-corrected chi connectivity index (χ4v) is 3.49. The maximum absolute atomic E-state index is 12.4. The highest BCUT2D eigenvalue weighted by Gasteiger charge is 2.14. The van der Waals surface area contributed by atoms with Gasteiger partial charge in [-0.1, -0.05) is 17.3 Å². The lowest BCUT2D eigenvalue weighted by Gasteiger charge is -2.14. The highest BCUT2D eigenvalue weighted by molar-refractivity contribution is 5.92. The van der Waals surface area contributed by atoms with Crippen molar-refractivity contribution in [2.45, 2.75) is 13.3 Å². The van der Waals surface area contributed by atoms with Gasteiger partial charge in [-0.25, -0.2) is 9.97 Å². The number of rotatable bonds is 9. The maximum Gasteiger partial charge on any atom is 0.230 e. The lowest BCUT2D eigenvalue weighted by Crippen LogP contribution is -2.14. The quantitative estimate of drug-likeness (QED) is 0.363. The molecule has 0 bridgehead atoms. The number of ether oxygens (including phenoxy) is 3. The van der Waals surface area contributed by atoms with Crippen LogP contribution in [0.15, 0.2) is 59.3 Å². The molecule has 4 aromatic rings. The number of hydrogen-bond donors (Lipinski definition) is 2. The minimum atomic E-state index is -0.192. The van der Waals surface area contributed by atoms with Crippen molar-refractivity contribution in [2.75, 3.05) is 32.0 Å². The van der Waals surface area contributed by atoms with Crippen LogP contribution in [0.3, 0.4) is 0 Å². The topological polar surface area (TPSA) is 121 Å². The van der Waals surface area contributed by atoms with Gasteiger partial charge in [-0.05, 0) is 25.1 Å². The molecule has 0 aliphatic rings. The molecule has 0 saturated carbocycles. The van der Waals surface area contributed by atoms with Gasteiger partial charge in [0, 0.05) is 41.3 Å². The number of benzene rings is 2. The summed E-state index contributed by atoms with van der Waals surface area (Å²) in [5.41, 5.74) is 3.38. The van der Waals surface area contributed by atoms with Gasteiger partial charge in [0.1, 0.15) is 5.76 Å². The summed E-state index contributed by atoms with van der Waals surface area (Å²) in [6.45, 7) is 1.78. The number of methoxy groups -OCH3 is 3. The molecule has 0 aliphatic heterocycles. The van der Waals surface area contributed by atoms with Gasteiger partial charge in [0.05, 0.1) is 39.1 Å². The van der Waals surface area contributed by atoms with Crippen LogP contribution in [0, 0.1) is 6.92 Å². The highest BCUT2D eigenvalue weighted by atomic mass is 16.5. The zero-order valence-corrected chi connectivity index (χ0v) is 19.8. The molecule has 2 aromatic carbocycles. The van der Waals surface area contributed by atoms with Crippen LogP contribution in [0.1, 0.15) is 11.5 Å². The number of aromatic nitrogens is 3. The molecule has 4 rings (SSSR count). The van der Waals surface area contributed by atoms with Crippen LogP contribution in [0.5, 0.6) is 17.2 Å². The summed E-state index contributed by atoms with van der Waals surface area (Å²) in [7, 11) is 4.65. The number of aryl methyl sites for hydroxylation is 1. The van der Waals surface area contributed by atoms with Crippen LogP contribution >= 0.6 is 0 Å². The normalized spacial score (nSPS) is 10.5. The van der Waals surface area contributed by atoms with E-state index in [1.807, 2.05) is 24.3 Å². The molecule has 1 amide bonds. The van der Waals surface area contributed by atoms with E-state index in [4.69, 9.17) is 18.7 Å². The van der Waals surface area contributed by atoms with Gasteiger partial charge >= 0.3 is 0 Å². The Morgan fingerprint density at radius 2 is 1.74 bits per heavy atom. The van der Waals surface area contributed by atoms with Crippen molar-refractivity contribution < 1.29 is 23.5 Å². The Bertz CT molecular complexity index is 1310. The number of carbonyl (C=O) groups is 1. The lowest BCUT2D eigenvalue weighted by atomic mass is 10.1. The van der Waals surface area contributed by atoms with Crippen molar-refractivity contribution in [2.24, 2.45) is 0 Å². The standard InChI is InChI=1S/C25H25N5O5/c1-15-10-19(30-35-15)14-23(31)27-17-7-5-6-16(11-17)20-8-9-26-25(29-20)28-18-12-21(32-2)24(34-4)22(13-18)33-3/h5-13H,14H2,1-4H3,(H,27,31)(H,26,28,29). The van der Waals surface area contributed by atoms with Gasteiger partial charge in [-0.2, -0.15) is 0 Å². The number of carbonyl (C=O) groups excluding carboxylic acids is 1. The Kier molecular flexibility index (Phi) is 7.10. The molecular weight excluding hydrogens is 450 g/mol. The molecule has 0 spiro atoms. The molecule has 10 heteroatoms. The number of nitrogens with one attached hydrogen (secondary N) is 2. The lowest BCUT2D eigenvalue weighted by molar-refractivity contribution is -0.115. The van der Waals surface area contributed by atoms with Crippen molar-refractivity contribution in [1.29, 1.82) is 0 Å². The van der Waals surface area contributed by atoms with Crippen molar-refractivity contribution in [1.82, 2.24) is 15.1 Å². The van der Waals surface area contributed by atoms with Crippen LogP contribution in [-0.4, -0.2) is 42.4 Å². The highest BCUT2D eigenvalue weighted by Crippen LogP contribution is 2.40. The van der Waals surface area contributed by atoms with Crippen molar-refractivity contribution in [3.8, 4) is 28.5 Å². The minimum Gasteiger partial charge on any atom is -0.493 e. The number of nitrogens with zero attached hydrogens (tertiary/aromatic N) is 3. The van der Waals surface area contributed by atoms with E-state index < -0.39 is 0 Å². The Morgan fingerprint density at radius 3 is 2.40 bits per heavy atom. The van der Waals surface area contributed by atoms with E-state index in [0.717, 1.165) is 5.56 Å². The van der Waals surface area contributed by atoms with Gasteiger partial charge in [-0.3, -0.25) is 4.79 Å². The van der Waals surface area contributed by atoms with Crippen molar-refractivity contribution in [3.05, 3.63) is 66.2 Å². The predicted octanol–water partition coefficient (Wildman–Crippen LogP) is 4.39. The van der Waals surface area contributed by atoms with Crippen molar-refractivity contribution in [3.63, 3.8) is 0 Å². The Hall–Kier alpha value is -4.60. The van der Waals surface area contributed by atoms with Crippen LogP contribution in [0.25, 0.3) is 11.3 Å². The Labute approximate surface area is 202 Å². The third-order valence-corrected chi connectivity index (χ3v) is 5.04. The third kappa shape index (κ3) is 5.67. The molecule has 35 heavy (non-hydrogen) atoms. The van der Waals surface area contributed by atoms with Gasteiger partial charge < -0.3 is 29.4 Å². The second-order valence-electron chi connectivity index (χ2n) is 7.54. The van der Waals surface area contributed by atoms with Crippen LogP contribution in [-0.2, 0) is 11.2 Å². The largest absolute Gasteiger partial charge is 0.493 e. The molecule has 0 radical (unpaired) electrons. The van der Waals surface area contributed by atoms with E-state index in [9.17, 15) is 4.79 Å². The molecule has 2 N–H and O–H groups in total. The molecule has 0 unspecified atom stereocenters. The predicted molar refractivity (Wildman–Crippen MR) is 130 cm³/mol. The minimum absolute atomic E-state index is 0.123. The van der Waals surface area contributed by atoms with E-state index in [1.165, 1.54) is 0 Å². The molecule has 0 fully saturated rings. The monoisotopic (exact) mass is 475 g/mol. The van der Waals surface area contributed by atoms with Crippen LogP contribution < -0.4 is 24.8 Å². The van der Waals surface area contributed by atoms with Gasteiger partial charge in [0.25, 0.3) is 0 Å². The molecule has 10 nitrogen and oxygen atoms in total. The number of anilines is 3. The molecule has 0 atom stereocenters. The first kappa shape index (κ1) is 23.6. The van der Waals surface area contributed by atoms with E-state index in [2.05, 4.69) is 25.8 Å². The summed E-state index contributed by atoms with van der Waals surface area (Å²) in [6, 6.07) is 14.5. The molecule has 2 heterocycles. The number of amides is 1. The first-order valence-electron chi connectivity index (χ1n) is 10.7. The molecule has 0 aliphatic carbocycles. The summed E-state index contributed by atoms with van der Waals surface area (Å²) in [6.07, 6.45) is 1.78. The van der Waals surface area contributed by atoms with E-state index in [1.54, 1.807) is 58.7 Å². The van der Waals surface area contributed by atoms with E-state index >= 15 is 0 Å². The summed E-state index contributed by atoms with van der Waals surface area (Å²) in [5.74, 6) is 2.36. The summed E-state index contributed by atoms with van der Waals surface area (Å²) in [5, 5.41) is 9.90. The SMILES string of the molecule is COc1cc(Nc2nccc(-c3cccc(NC(=O)Cc4cc(C)on4)c3)n2)cc(OC)c1OC. The first-order chi connectivity index (χ1) is 17.0.